The number of amides is 1. The Morgan fingerprint density at radius 2 is 1.74 bits per heavy atom. The highest BCUT2D eigenvalue weighted by molar-refractivity contribution is 7.93. The molecular weight excluding hydrogens is 538 g/mol. The van der Waals surface area contributed by atoms with Crippen LogP contribution in [0.5, 0.6) is 11.5 Å². The number of nitrogens with one attached hydrogen (secondary N) is 1. The number of halogens is 1. The summed E-state index contributed by atoms with van der Waals surface area (Å²) in [4.78, 5) is 22.1. The Morgan fingerprint density at radius 3 is 2.26 bits per heavy atom. The minimum Gasteiger partial charge on any atom is -0.494 e. The van der Waals surface area contributed by atoms with Gasteiger partial charge in [0.2, 0.25) is 21.9 Å². The number of ether oxygens (including phenoxy) is 3. The molecule has 13 nitrogen and oxygen atoms in total. The molecule has 0 spiro atoms. The van der Waals surface area contributed by atoms with E-state index in [4.69, 9.17) is 25.8 Å². The van der Waals surface area contributed by atoms with E-state index in [1.165, 1.54) is 45.2 Å². The zero-order valence-corrected chi connectivity index (χ0v) is 23.0. The largest absolute Gasteiger partial charge is 0.494 e. The summed E-state index contributed by atoms with van der Waals surface area (Å²) in [5, 5.41) is 7.62. The number of para-hydroxylation sites is 1. The summed E-state index contributed by atoms with van der Waals surface area (Å²) < 4.78 is 47.8. The molecule has 0 unspecified atom stereocenters. The fraction of sp³-hybridized carbons (Fsp3) is 0.435. The van der Waals surface area contributed by atoms with E-state index in [0.29, 0.717) is 34.6 Å². The molecule has 38 heavy (non-hydrogen) atoms. The maximum absolute atomic E-state index is 13.6. The molecule has 15 heteroatoms. The third-order valence-electron chi connectivity index (χ3n) is 6.32. The van der Waals surface area contributed by atoms with Crippen molar-refractivity contribution in [3.63, 3.8) is 0 Å². The Hall–Kier alpha value is -3.49. The van der Waals surface area contributed by atoms with E-state index in [-0.39, 0.29) is 30.0 Å². The van der Waals surface area contributed by atoms with Crippen molar-refractivity contribution in [3.8, 4) is 17.2 Å². The minimum atomic E-state index is -4.15. The van der Waals surface area contributed by atoms with E-state index in [0.717, 1.165) is 0 Å². The smallest absolute Gasteiger partial charge is 0.243 e. The van der Waals surface area contributed by atoms with E-state index in [1.807, 2.05) is 0 Å². The van der Waals surface area contributed by atoms with Gasteiger partial charge < -0.3 is 19.1 Å². The van der Waals surface area contributed by atoms with Gasteiger partial charge in [-0.25, -0.2) is 18.4 Å². The number of carbonyl (C=O) groups is 1. The summed E-state index contributed by atoms with van der Waals surface area (Å²) in [5.74, 6) is 0.791. The molecule has 0 radical (unpaired) electrons. The summed E-state index contributed by atoms with van der Waals surface area (Å²) in [7, 11) is 1.87. The molecule has 1 aromatic carbocycles. The van der Waals surface area contributed by atoms with Crippen molar-refractivity contribution in [2.24, 2.45) is 0 Å². The van der Waals surface area contributed by atoms with Gasteiger partial charge in [-0.05, 0) is 19.1 Å². The molecule has 0 saturated carbocycles. The molecule has 3 heterocycles. The van der Waals surface area contributed by atoms with Crippen molar-refractivity contribution >= 4 is 33.5 Å². The lowest BCUT2D eigenvalue weighted by molar-refractivity contribution is -0.126. The number of aromatic nitrogens is 5. The first-order valence-corrected chi connectivity index (χ1v) is 13.5. The van der Waals surface area contributed by atoms with Crippen LogP contribution in [-0.4, -0.2) is 84.1 Å². The van der Waals surface area contributed by atoms with E-state index < -0.39 is 21.4 Å². The molecule has 0 aliphatic carbocycles. The normalized spacial score (nSPS) is 17.4. The summed E-state index contributed by atoms with van der Waals surface area (Å²) in [6, 6.07) is 5.14. The first-order valence-electron chi connectivity index (χ1n) is 11.5. The lowest BCUT2D eigenvalue weighted by Gasteiger charge is -2.23. The van der Waals surface area contributed by atoms with Gasteiger partial charge >= 0.3 is 0 Å². The van der Waals surface area contributed by atoms with Gasteiger partial charge in [0.25, 0.3) is 0 Å². The van der Waals surface area contributed by atoms with Gasteiger partial charge in [-0.15, -0.1) is 10.2 Å². The predicted molar refractivity (Wildman–Crippen MR) is 138 cm³/mol. The quantitative estimate of drug-likeness (QED) is 0.387. The second-order valence-corrected chi connectivity index (χ2v) is 11.1. The van der Waals surface area contributed by atoms with Crippen molar-refractivity contribution in [1.82, 2.24) is 29.6 Å². The van der Waals surface area contributed by atoms with Gasteiger partial charge in [-0.2, -0.15) is 0 Å². The Morgan fingerprint density at radius 1 is 1.11 bits per heavy atom. The van der Waals surface area contributed by atoms with Gasteiger partial charge in [0.15, 0.2) is 5.82 Å². The molecule has 204 valence electrons. The van der Waals surface area contributed by atoms with Crippen LogP contribution < -0.4 is 14.2 Å². The molecule has 1 fully saturated rings. The molecule has 1 aliphatic rings. The molecular formula is C23H28ClN7O6S. The van der Waals surface area contributed by atoms with Crippen LogP contribution in [0.1, 0.15) is 37.0 Å². The van der Waals surface area contributed by atoms with Crippen molar-refractivity contribution in [2.45, 2.75) is 30.6 Å². The minimum absolute atomic E-state index is 0.0572. The van der Waals surface area contributed by atoms with Crippen molar-refractivity contribution in [3.05, 3.63) is 47.3 Å². The van der Waals surface area contributed by atoms with E-state index >= 15 is 0 Å². The lowest BCUT2D eigenvalue weighted by atomic mass is 10.1. The van der Waals surface area contributed by atoms with Crippen molar-refractivity contribution in [1.29, 1.82) is 0 Å². The van der Waals surface area contributed by atoms with E-state index in [9.17, 15) is 13.2 Å². The second-order valence-electron chi connectivity index (χ2n) is 8.67. The van der Waals surface area contributed by atoms with Crippen LogP contribution in [0.15, 0.2) is 30.6 Å². The maximum Gasteiger partial charge on any atom is 0.243 e. The van der Waals surface area contributed by atoms with Crippen LogP contribution in [0, 0.1) is 0 Å². The Kier molecular flexibility index (Phi) is 8.04. The number of anilines is 1. The van der Waals surface area contributed by atoms with Crippen LogP contribution in [-0.2, 0) is 19.6 Å². The Labute approximate surface area is 225 Å². The van der Waals surface area contributed by atoms with Gasteiger partial charge in [0.1, 0.15) is 34.4 Å². The van der Waals surface area contributed by atoms with Crippen molar-refractivity contribution in [2.75, 3.05) is 39.6 Å². The summed E-state index contributed by atoms with van der Waals surface area (Å²) in [6.07, 6.45) is 1.90. The van der Waals surface area contributed by atoms with Gasteiger partial charge in [-0.1, -0.05) is 17.7 Å². The zero-order chi connectivity index (χ0) is 27.6. The lowest BCUT2D eigenvalue weighted by Crippen LogP contribution is -2.33. The molecule has 3 aromatic rings. The third-order valence-corrected chi connectivity index (χ3v) is 8.21. The second kappa shape index (κ2) is 11.1. The number of rotatable bonds is 10. The van der Waals surface area contributed by atoms with Crippen molar-refractivity contribution < 1.29 is 27.4 Å². The topological polar surface area (TPSA) is 151 Å². The number of hydrogen-bond acceptors (Lipinski definition) is 10. The average molecular weight is 566 g/mol. The van der Waals surface area contributed by atoms with Crippen LogP contribution in [0.25, 0.3) is 5.69 Å². The monoisotopic (exact) mass is 565 g/mol. The number of carbonyl (C=O) groups excluding carboxylic acids is 1. The molecule has 2 aromatic heterocycles. The van der Waals surface area contributed by atoms with E-state index in [2.05, 4.69) is 24.9 Å². The van der Waals surface area contributed by atoms with Crippen LogP contribution in [0.2, 0.25) is 5.02 Å². The third kappa shape index (κ3) is 5.24. The van der Waals surface area contributed by atoms with Crippen LogP contribution in [0.4, 0.5) is 5.95 Å². The average Bonchev–Trinajstić information content (AvgIpc) is 3.46. The Balaban J connectivity index is 1.80. The summed E-state index contributed by atoms with van der Waals surface area (Å²) in [6.45, 7) is 1.85. The van der Waals surface area contributed by atoms with Gasteiger partial charge in [-0.3, -0.25) is 14.1 Å². The molecule has 1 saturated heterocycles. The van der Waals surface area contributed by atoms with Crippen LogP contribution >= 0.6 is 11.6 Å². The molecule has 1 amide bonds. The fourth-order valence-electron chi connectivity index (χ4n) is 4.29. The number of likely N-dealkylation sites (tertiary alicyclic amines) is 1. The summed E-state index contributed by atoms with van der Waals surface area (Å²) >= 11 is 5.88. The number of methoxy groups -OCH3 is 3. The number of benzene rings is 1. The molecule has 4 rings (SSSR count). The maximum atomic E-state index is 13.6. The first kappa shape index (κ1) is 27.5. The zero-order valence-electron chi connectivity index (χ0n) is 21.5. The molecule has 1 N–H and O–H groups in total. The van der Waals surface area contributed by atoms with E-state index in [1.54, 1.807) is 30.1 Å². The number of sulfonamides is 1. The molecule has 1 aliphatic heterocycles. The van der Waals surface area contributed by atoms with Gasteiger partial charge in [0.05, 0.1) is 19.2 Å². The van der Waals surface area contributed by atoms with Gasteiger partial charge in [0, 0.05) is 45.4 Å². The highest BCUT2D eigenvalue weighted by Gasteiger charge is 2.37. The summed E-state index contributed by atoms with van der Waals surface area (Å²) in [5.41, 5.74) is 0.384. The molecule has 0 bridgehead atoms. The number of nitrogens with zero attached hydrogens (tertiary/aromatic N) is 6. The highest BCUT2D eigenvalue weighted by atomic mass is 35.5. The standard InChI is InChI=1S/C23H28ClN7O6S/c1-13(20(37-5)21-25-10-15(24)11-26-21)38(33,34)29-23-28-27-22(14-9-18(32)30(2)12-14)31(23)19-16(35-3)7-6-8-17(19)36-4/h6-8,10-11,13-14,20H,9,12H2,1-5H3,(H,28,29)/t13-,14-,20-/m0/s1. The first-order chi connectivity index (χ1) is 18.1. The number of hydrogen-bond donors (Lipinski definition) is 1. The predicted octanol–water partition coefficient (Wildman–Crippen LogP) is 2.19. The van der Waals surface area contributed by atoms with Crippen LogP contribution in [0.3, 0.4) is 0 Å². The number of likely N-dealkylation sites (N-methyl/N-ethyl adjacent to an activating group) is 1. The molecule has 3 atom stereocenters. The SMILES string of the molecule is COc1cccc(OC)c1-n1c(NS(=O)(=O)[C@@H](C)[C@H](OC)c2ncc(Cl)cn2)nnc1[C@H]1CC(=O)N(C)C1. The Bertz CT molecular complexity index is 1390. The fourth-order valence-corrected chi connectivity index (χ4v) is 5.52. The highest BCUT2D eigenvalue weighted by Crippen LogP contribution is 2.39.